The number of ether oxygens (including phenoxy) is 1. The molecular formula is C24H36N4O3S. The molecule has 0 aliphatic heterocycles. The fourth-order valence-electron chi connectivity index (χ4n) is 3.58. The second kappa shape index (κ2) is 10.9. The Bertz CT molecular complexity index is 1000. The van der Waals surface area contributed by atoms with E-state index in [2.05, 4.69) is 37.1 Å². The largest absolute Gasteiger partial charge is 0.489 e. The Balaban J connectivity index is 0.000000239. The molecule has 2 heterocycles. The molecule has 1 amide bonds. The number of benzene rings is 1. The van der Waals surface area contributed by atoms with Crippen LogP contribution in [0.15, 0.2) is 41.2 Å². The number of aromatic nitrogens is 1. The van der Waals surface area contributed by atoms with Crippen LogP contribution in [0.25, 0.3) is 10.1 Å². The lowest BCUT2D eigenvalue weighted by Crippen LogP contribution is -2.71. The number of carbonyl (C=O) groups excluding carboxylic acids is 1. The van der Waals surface area contributed by atoms with Gasteiger partial charge in [0, 0.05) is 22.0 Å². The molecule has 1 fully saturated rings. The highest BCUT2D eigenvalue weighted by Gasteiger charge is 2.52. The summed E-state index contributed by atoms with van der Waals surface area (Å²) in [6.45, 7) is 12.1. The van der Waals surface area contributed by atoms with Crippen molar-refractivity contribution < 1.29 is 13.9 Å². The van der Waals surface area contributed by atoms with Gasteiger partial charge >= 0.3 is 0 Å². The minimum atomic E-state index is -0.515. The minimum Gasteiger partial charge on any atom is -0.489 e. The number of amides is 1. The zero-order valence-corrected chi connectivity index (χ0v) is 20.8. The van der Waals surface area contributed by atoms with Crippen LogP contribution in [-0.4, -0.2) is 39.9 Å². The SMILES string of the molecule is CC.CCN(C)C1(C)CCC1(C)N.NC(=O)c1nsc2cc(OCc3ccoc3)ccc12. The Morgan fingerprint density at radius 1 is 1.28 bits per heavy atom. The number of nitrogens with zero attached hydrogens (tertiary/aromatic N) is 2. The van der Waals surface area contributed by atoms with Crippen LogP contribution in [0.1, 0.15) is 63.5 Å². The fraction of sp³-hybridized carbons (Fsp3) is 0.500. The first-order chi connectivity index (χ1) is 15.2. The number of fused-ring (bicyclic) bond motifs is 1. The van der Waals surface area contributed by atoms with Gasteiger partial charge in [0.25, 0.3) is 5.91 Å². The quantitative estimate of drug-likeness (QED) is 0.547. The Morgan fingerprint density at radius 2 is 2.00 bits per heavy atom. The molecule has 8 heteroatoms. The second-order valence-electron chi connectivity index (χ2n) is 8.18. The van der Waals surface area contributed by atoms with Crippen molar-refractivity contribution in [1.29, 1.82) is 0 Å². The highest BCUT2D eigenvalue weighted by molar-refractivity contribution is 7.13. The first-order valence-corrected chi connectivity index (χ1v) is 11.8. The van der Waals surface area contributed by atoms with Crippen molar-refractivity contribution in [2.45, 2.75) is 65.1 Å². The summed E-state index contributed by atoms with van der Waals surface area (Å²) >= 11 is 1.23. The van der Waals surface area contributed by atoms with Crippen LogP contribution < -0.4 is 16.2 Å². The summed E-state index contributed by atoms with van der Waals surface area (Å²) in [4.78, 5) is 13.5. The molecule has 1 aliphatic rings. The van der Waals surface area contributed by atoms with Crippen molar-refractivity contribution >= 4 is 27.5 Å². The van der Waals surface area contributed by atoms with Crippen molar-refractivity contribution in [2.24, 2.45) is 11.5 Å². The molecule has 2 atom stereocenters. The van der Waals surface area contributed by atoms with Gasteiger partial charge in [0.2, 0.25) is 0 Å². The van der Waals surface area contributed by atoms with Gasteiger partial charge in [-0.15, -0.1) is 0 Å². The van der Waals surface area contributed by atoms with E-state index in [1.165, 1.54) is 18.0 Å². The monoisotopic (exact) mass is 460 g/mol. The molecule has 1 aromatic carbocycles. The average molecular weight is 461 g/mol. The van der Waals surface area contributed by atoms with E-state index < -0.39 is 5.91 Å². The van der Waals surface area contributed by atoms with E-state index in [9.17, 15) is 4.79 Å². The molecule has 2 aromatic heterocycles. The molecule has 1 aliphatic carbocycles. The van der Waals surface area contributed by atoms with Gasteiger partial charge in [0.05, 0.1) is 17.2 Å². The number of primary amides is 1. The smallest absolute Gasteiger partial charge is 0.269 e. The normalized spacial score (nSPS) is 21.8. The molecule has 0 radical (unpaired) electrons. The van der Waals surface area contributed by atoms with Gasteiger partial charge in [0.15, 0.2) is 0 Å². The molecule has 0 saturated heterocycles. The first-order valence-electron chi connectivity index (χ1n) is 11.0. The van der Waals surface area contributed by atoms with Gasteiger partial charge in [-0.3, -0.25) is 9.69 Å². The van der Waals surface area contributed by atoms with Crippen molar-refractivity contribution in [3.05, 3.63) is 48.0 Å². The summed E-state index contributed by atoms with van der Waals surface area (Å²) in [5.41, 5.74) is 12.9. The standard InChI is InChI=1S/C13H10N2O3S.C9H20N2.C2H6/c14-13(16)12-10-2-1-9(5-11(10)19-15-12)18-7-8-3-4-17-6-8;1-5-11(4)9(3)7-6-8(9,2)10;1-2/h1-6H,7H2,(H2,14,16);5-7,10H2,1-4H3;1-2H3. The Morgan fingerprint density at radius 3 is 2.47 bits per heavy atom. The van der Waals surface area contributed by atoms with Crippen molar-refractivity contribution in [1.82, 2.24) is 9.27 Å². The maximum Gasteiger partial charge on any atom is 0.269 e. The number of likely N-dealkylation sites (N-methyl/N-ethyl adjacent to an activating group) is 1. The molecular weight excluding hydrogens is 424 g/mol. The summed E-state index contributed by atoms with van der Waals surface area (Å²) in [7, 11) is 2.16. The van der Waals surface area contributed by atoms with Crippen LogP contribution in [0, 0.1) is 0 Å². The third-order valence-corrected chi connectivity index (χ3v) is 7.15. The molecule has 1 saturated carbocycles. The lowest BCUT2D eigenvalue weighted by Gasteiger charge is -2.58. The molecule has 176 valence electrons. The number of furan rings is 1. The van der Waals surface area contributed by atoms with E-state index in [0.29, 0.717) is 18.1 Å². The number of hydrogen-bond acceptors (Lipinski definition) is 7. The number of rotatable bonds is 6. The van der Waals surface area contributed by atoms with Crippen LogP contribution in [-0.2, 0) is 6.61 Å². The first kappa shape index (κ1) is 25.8. The molecule has 3 aromatic rings. The zero-order chi connectivity index (χ0) is 23.9. The van der Waals surface area contributed by atoms with Crippen molar-refractivity contribution in [3.63, 3.8) is 0 Å². The Kier molecular flexibility index (Phi) is 8.83. The summed E-state index contributed by atoms with van der Waals surface area (Å²) in [5, 5.41) is 0.758. The summed E-state index contributed by atoms with van der Waals surface area (Å²) in [6.07, 6.45) is 5.64. The Hall–Kier alpha value is -2.42. The lowest BCUT2D eigenvalue weighted by atomic mass is 9.62. The van der Waals surface area contributed by atoms with Gasteiger partial charge in [0.1, 0.15) is 18.1 Å². The van der Waals surface area contributed by atoms with Gasteiger partial charge in [-0.25, -0.2) is 0 Å². The van der Waals surface area contributed by atoms with Gasteiger partial charge in [-0.05, 0) is 76.1 Å². The molecule has 0 bridgehead atoms. The highest BCUT2D eigenvalue weighted by Crippen LogP contribution is 2.43. The number of carbonyl (C=O) groups is 1. The number of hydrogen-bond donors (Lipinski definition) is 2. The molecule has 2 unspecified atom stereocenters. The summed E-state index contributed by atoms with van der Waals surface area (Å²) < 4.78 is 15.5. The molecule has 4 rings (SSSR count). The fourth-order valence-corrected chi connectivity index (χ4v) is 4.39. The van der Waals surface area contributed by atoms with E-state index >= 15 is 0 Å². The third-order valence-electron chi connectivity index (χ3n) is 6.34. The topological polar surface area (TPSA) is 108 Å². The van der Waals surface area contributed by atoms with E-state index in [4.69, 9.17) is 20.6 Å². The Labute approximate surface area is 194 Å². The highest BCUT2D eigenvalue weighted by atomic mass is 32.1. The second-order valence-corrected chi connectivity index (χ2v) is 8.98. The minimum absolute atomic E-state index is 0.0256. The van der Waals surface area contributed by atoms with Crippen LogP contribution in [0.4, 0.5) is 0 Å². The van der Waals surface area contributed by atoms with E-state index in [0.717, 1.165) is 28.6 Å². The van der Waals surface area contributed by atoms with Gasteiger partial charge in [-0.2, -0.15) is 4.37 Å². The third kappa shape index (κ3) is 5.49. The van der Waals surface area contributed by atoms with Gasteiger partial charge in [-0.1, -0.05) is 20.8 Å². The van der Waals surface area contributed by atoms with Crippen molar-refractivity contribution in [2.75, 3.05) is 13.6 Å². The molecule has 4 N–H and O–H groups in total. The molecule has 7 nitrogen and oxygen atoms in total. The summed E-state index contributed by atoms with van der Waals surface area (Å²) in [6, 6.07) is 7.28. The average Bonchev–Trinajstić information content (AvgIpc) is 3.47. The van der Waals surface area contributed by atoms with Crippen LogP contribution in [0.5, 0.6) is 5.75 Å². The number of nitrogens with two attached hydrogens (primary N) is 2. The zero-order valence-electron chi connectivity index (χ0n) is 20.0. The van der Waals surface area contributed by atoms with E-state index in [1.807, 2.05) is 26.0 Å². The predicted molar refractivity (Wildman–Crippen MR) is 131 cm³/mol. The maximum atomic E-state index is 11.2. The summed E-state index contributed by atoms with van der Waals surface area (Å²) in [5.74, 6) is 0.201. The molecule has 32 heavy (non-hydrogen) atoms. The van der Waals surface area contributed by atoms with E-state index in [-0.39, 0.29) is 11.1 Å². The molecule has 0 spiro atoms. The van der Waals surface area contributed by atoms with E-state index in [1.54, 1.807) is 24.7 Å². The maximum absolute atomic E-state index is 11.2. The lowest BCUT2D eigenvalue weighted by molar-refractivity contribution is -0.0228. The predicted octanol–water partition coefficient (Wildman–Crippen LogP) is 4.80. The van der Waals surface area contributed by atoms with Crippen molar-refractivity contribution in [3.8, 4) is 5.75 Å². The van der Waals surface area contributed by atoms with Gasteiger partial charge < -0.3 is 20.6 Å². The van der Waals surface area contributed by atoms with Crippen LogP contribution >= 0.6 is 11.5 Å². The van der Waals surface area contributed by atoms with Crippen LogP contribution in [0.2, 0.25) is 0 Å². The van der Waals surface area contributed by atoms with Crippen LogP contribution in [0.3, 0.4) is 0 Å².